The number of hydrogen-bond acceptors (Lipinski definition) is 4. The summed E-state index contributed by atoms with van der Waals surface area (Å²) >= 11 is 0. The van der Waals surface area contributed by atoms with Crippen molar-refractivity contribution in [3.8, 4) is 5.75 Å². The Bertz CT molecular complexity index is 556. The maximum atomic E-state index is 12.8. The number of carbonyl (C=O) groups is 1. The van der Waals surface area contributed by atoms with E-state index in [4.69, 9.17) is 9.47 Å². The average Bonchev–Trinajstić information content (AvgIpc) is 3.18. The molecule has 2 fully saturated rings. The van der Waals surface area contributed by atoms with Gasteiger partial charge in [-0.25, -0.2) is 0 Å². The molecule has 1 aromatic rings. The van der Waals surface area contributed by atoms with Crippen LogP contribution in [0.4, 0.5) is 0 Å². The predicted octanol–water partition coefficient (Wildman–Crippen LogP) is 3.13. The van der Waals surface area contributed by atoms with Crippen LogP contribution in [-0.2, 0) is 4.74 Å². The summed E-state index contributed by atoms with van der Waals surface area (Å²) in [6.45, 7) is 7.28. The molecule has 0 aromatic heterocycles. The summed E-state index contributed by atoms with van der Waals surface area (Å²) in [5.41, 5.74) is 0.718. The van der Waals surface area contributed by atoms with Gasteiger partial charge in [-0.15, -0.1) is 12.4 Å². The predicted molar refractivity (Wildman–Crippen MR) is 105 cm³/mol. The highest BCUT2D eigenvalue weighted by atomic mass is 35.5. The van der Waals surface area contributed by atoms with Crippen molar-refractivity contribution in [3.63, 3.8) is 0 Å². The summed E-state index contributed by atoms with van der Waals surface area (Å²) < 4.78 is 11.4. The Labute approximate surface area is 162 Å². The third-order valence-corrected chi connectivity index (χ3v) is 5.13. The van der Waals surface area contributed by atoms with Crippen molar-refractivity contribution < 1.29 is 14.3 Å². The molecule has 1 atom stereocenters. The topological polar surface area (TPSA) is 50.8 Å². The van der Waals surface area contributed by atoms with Crippen LogP contribution in [0.3, 0.4) is 0 Å². The second-order valence-electron chi connectivity index (χ2n) is 7.02. The van der Waals surface area contributed by atoms with E-state index in [0.717, 1.165) is 69.8 Å². The van der Waals surface area contributed by atoms with E-state index in [0.29, 0.717) is 12.5 Å². The molecule has 0 bridgehead atoms. The van der Waals surface area contributed by atoms with Crippen LogP contribution in [0.2, 0.25) is 0 Å². The lowest BCUT2D eigenvalue weighted by Crippen LogP contribution is -2.40. The Balaban J connectivity index is 0.00000243. The van der Waals surface area contributed by atoms with Crippen LogP contribution in [0.5, 0.6) is 5.75 Å². The molecule has 2 aliphatic rings. The molecule has 146 valence electrons. The van der Waals surface area contributed by atoms with E-state index in [9.17, 15) is 4.79 Å². The van der Waals surface area contributed by atoms with E-state index in [2.05, 4.69) is 12.2 Å². The molecular formula is C20H31ClN2O3. The lowest BCUT2D eigenvalue weighted by atomic mass is 9.96. The molecule has 2 heterocycles. The number of nitrogens with one attached hydrogen (secondary N) is 1. The fraction of sp³-hybridized carbons (Fsp3) is 0.650. The molecule has 1 unspecified atom stereocenters. The van der Waals surface area contributed by atoms with Crippen LogP contribution >= 0.6 is 12.4 Å². The van der Waals surface area contributed by atoms with Gasteiger partial charge in [0.15, 0.2) is 0 Å². The number of likely N-dealkylation sites (tertiary alicyclic amines) is 1. The summed E-state index contributed by atoms with van der Waals surface area (Å²) in [7, 11) is 0. The minimum absolute atomic E-state index is 0. The molecular weight excluding hydrogens is 352 g/mol. The average molecular weight is 383 g/mol. The first-order chi connectivity index (χ1) is 12.3. The van der Waals surface area contributed by atoms with Crippen LogP contribution in [0.25, 0.3) is 0 Å². The van der Waals surface area contributed by atoms with Gasteiger partial charge in [0.2, 0.25) is 0 Å². The van der Waals surface area contributed by atoms with Gasteiger partial charge in [0.05, 0.1) is 6.10 Å². The quantitative estimate of drug-likeness (QED) is 0.787. The third kappa shape index (κ3) is 5.86. The number of hydrogen-bond donors (Lipinski definition) is 1. The number of piperidine rings is 1. The Hall–Kier alpha value is -1.30. The molecule has 2 saturated heterocycles. The highest BCUT2D eigenvalue weighted by Crippen LogP contribution is 2.21. The van der Waals surface area contributed by atoms with Crippen molar-refractivity contribution in [1.29, 1.82) is 0 Å². The SMILES string of the molecule is CCNCC1CCN(C(=O)c2cccc(OCC3CCCO3)c2)CC1.Cl. The maximum absolute atomic E-state index is 12.8. The molecule has 26 heavy (non-hydrogen) atoms. The largest absolute Gasteiger partial charge is 0.491 e. The van der Waals surface area contributed by atoms with Gasteiger partial charge < -0.3 is 19.7 Å². The minimum Gasteiger partial charge on any atom is -0.491 e. The molecule has 1 N–H and O–H groups in total. The third-order valence-electron chi connectivity index (χ3n) is 5.13. The Morgan fingerprint density at radius 2 is 2.12 bits per heavy atom. The molecule has 1 aromatic carbocycles. The molecule has 1 amide bonds. The zero-order valence-corrected chi connectivity index (χ0v) is 16.4. The molecule has 6 heteroatoms. The monoisotopic (exact) mass is 382 g/mol. The molecule has 5 nitrogen and oxygen atoms in total. The number of ether oxygens (including phenoxy) is 2. The standard InChI is InChI=1S/C20H30N2O3.ClH/c1-2-21-14-16-8-10-22(11-9-16)20(23)17-5-3-6-18(13-17)25-15-19-7-4-12-24-19;/h3,5-6,13,16,19,21H,2,4,7-12,14-15H2,1H3;1H. The fourth-order valence-corrected chi connectivity index (χ4v) is 3.56. The van der Waals surface area contributed by atoms with Gasteiger partial charge in [-0.2, -0.15) is 0 Å². The number of benzene rings is 1. The summed E-state index contributed by atoms with van der Waals surface area (Å²) in [5.74, 6) is 1.55. The zero-order valence-electron chi connectivity index (χ0n) is 15.6. The van der Waals surface area contributed by atoms with Crippen molar-refractivity contribution in [2.75, 3.05) is 39.4 Å². The summed E-state index contributed by atoms with van der Waals surface area (Å²) in [6.07, 6.45) is 4.51. The van der Waals surface area contributed by atoms with Gasteiger partial charge in [0.25, 0.3) is 5.91 Å². The normalized spacial score (nSPS) is 20.7. The summed E-state index contributed by atoms with van der Waals surface area (Å²) in [6, 6.07) is 7.55. The first-order valence-electron chi connectivity index (χ1n) is 9.60. The number of amides is 1. The number of halogens is 1. The molecule has 2 aliphatic heterocycles. The van der Waals surface area contributed by atoms with E-state index >= 15 is 0 Å². The van der Waals surface area contributed by atoms with Crippen molar-refractivity contribution in [1.82, 2.24) is 10.2 Å². The van der Waals surface area contributed by atoms with Gasteiger partial charge in [-0.05, 0) is 62.9 Å². The lowest BCUT2D eigenvalue weighted by molar-refractivity contribution is 0.0670. The Morgan fingerprint density at radius 1 is 1.31 bits per heavy atom. The van der Waals surface area contributed by atoms with Gasteiger partial charge >= 0.3 is 0 Å². The highest BCUT2D eigenvalue weighted by Gasteiger charge is 2.23. The van der Waals surface area contributed by atoms with Crippen LogP contribution in [0.15, 0.2) is 24.3 Å². The van der Waals surface area contributed by atoms with E-state index in [1.54, 1.807) is 0 Å². The number of carbonyl (C=O) groups excluding carboxylic acids is 1. The second kappa shape index (κ2) is 10.8. The molecule has 0 spiro atoms. The van der Waals surface area contributed by atoms with Gasteiger partial charge in [0, 0.05) is 25.3 Å². The van der Waals surface area contributed by atoms with Crippen molar-refractivity contribution in [3.05, 3.63) is 29.8 Å². The molecule has 0 radical (unpaired) electrons. The van der Waals surface area contributed by atoms with Crippen LogP contribution < -0.4 is 10.1 Å². The first-order valence-corrected chi connectivity index (χ1v) is 9.60. The number of rotatable bonds is 7. The number of nitrogens with zero attached hydrogens (tertiary/aromatic N) is 1. The van der Waals surface area contributed by atoms with Crippen molar-refractivity contribution in [2.45, 2.75) is 38.7 Å². The van der Waals surface area contributed by atoms with Crippen LogP contribution in [-0.4, -0.2) is 56.3 Å². The molecule has 3 rings (SSSR count). The van der Waals surface area contributed by atoms with Gasteiger partial charge in [-0.1, -0.05) is 13.0 Å². The Kier molecular flexibility index (Phi) is 8.69. The molecule has 0 saturated carbocycles. The Morgan fingerprint density at radius 3 is 2.81 bits per heavy atom. The van der Waals surface area contributed by atoms with Crippen molar-refractivity contribution in [2.24, 2.45) is 5.92 Å². The van der Waals surface area contributed by atoms with Gasteiger partial charge in [-0.3, -0.25) is 4.79 Å². The van der Waals surface area contributed by atoms with E-state index in [-0.39, 0.29) is 24.4 Å². The smallest absolute Gasteiger partial charge is 0.253 e. The fourth-order valence-electron chi connectivity index (χ4n) is 3.56. The first kappa shape index (κ1) is 21.0. The van der Waals surface area contributed by atoms with Crippen LogP contribution in [0, 0.1) is 5.92 Å². The van der Waals surface area contributed by atoms with Crippen LogP contribution in [0.1, 0.15) is 43.0 Å². The van der Waals surface area contributed by atoms with E-state index in [1.165, 1.54) is 0 Å². The van der Waals surface area contributed by atoms with Gasteiger partial charge in [0.1, 0.15) is 12.4 Å². The maximum Gasteiger partial charge on any atom is 0.253 e. The highest BCUT2D eigenvalue weighted by molar-refractivity contribution is 5.94. The van der Waals surface area contributed by atoms with Crippen molar-refractivity contribution >= 4 is 18.3 Å². The zero-order chi connectivity index (χ0) is 17.5. The summed E-state index contributed by atoms with van der Waals surface area (Å²) in [4.78, 5) is 14.7. The summed E-state index contributed by atoms with van der Waals surface area (Å²) in [5, 5.41) is 3.41. The van der Waals surface area contributed by atoms with E-state index in [1.807, 2.05) is 29.2 Å². The van der Waals surface area contributed by atoms with E-state index < -0.39 is 0 Å². The minimum atomic E-state index is 0. The second-order valence-corrected chi connectivity index (χ2v) is 7.02. The molecule has 0 aliphatic carbocycles. The lowest BCUT2D eigenvalue weighted by Gasteiger charge is -2.32.